The summed E-state index contributed by atoms with van der Waals surface area (Å²) in [5.74, 6) is 0. The molecule has 1 N–H and O–H groups in total. The van der Waals surface area contributed by atoms with E-state index in [9.17, 15) is 5.11 Å². The first-order chi connectivity index (χ1) is 7.66. The van der Waals surface area contributed by atoms with Crippen LogP contribution < -0.4 is 0 Å². The number of fused-ring (bicyclic) bond motifs is 1. The second kappa shape index (κ2) is 4.62. The maximum Gasteiger partial charge on any atom is 0.0707 e. The van der Waals surface area contributed by atoms with Crippen molar-refractivity contribution in [2.45, 2.75) is 32.8 Å². The average Bonchev–Trinajstić information content (AvgIpc) is 2.25. The second-order valence-electron chi connectivity index (χ2n) is 4.33. The summed E-state index contributed by atoms with van der Waals surface area (Å²) in [5, 5.41) is 10.5. The molecule has 0 aliphatic carbocycles. The largest absolute Gasteiger partial charge is 0.393 e. The van der Waals surface area contributed by atoms with Gasteiger partial charge in [-0.3, -0.25) is 4.98 Å². The summed E-state index contributed by atoms with van der Waals surface area (Å²) >= 11 is 0. The topological polar surface area (TPSA) is 33.1 Å². The lowest BCUT2D eigenvalue weighted by Crippen LogP contribution is -2.02. The summed E-state index contributed by atoms with van der Waals surface area (Å²) in [6.07, 6.45) is 1.46. The number of para-hydroxylation sites is 1. The molecule has 0 fully saturated rings. The van der Waals surface area contributed by atoms with E-state index in [-0.39, 0.29) is 6.10 Å². The number of aliphatic hydroxyl groups is 1. The zero-order valence-electron chi connectivity index (χ0n) is 9.77. The molecule has 0 bridgehead atoms. The number of nitrogens with zero attached hydrogens (tertiary/aromatic N) is 1. The molecule has 0 amide bonds. The number of pyridine rings is 1. The zero-order chi connectivity index (χ0) is 11.5. The quantitative estimate of drug-likeness (QED) is 0.854. The molecule has 16 heavy (non-hydrogen) atoms. The van der Waals surface area contributed by atoms with Crippen molar-refractivity contribution in [3.8, 4) is 0 Å². The summed E-state index contributed by atoms with van der Waals surface area (Å²) in [5.41, 5.74) is 3.37. The van der Waals surface area contributed by atoms with Gasteiger partial charge in [-0.25, -0.2) is 0 Å². The summed E-state index contributed by atoms with van der Waals surface area (Å²) in [4.78, 5) is 4.50. The highest BCUT2D eigenvalue weighted by Crippen LogP contribution is 2.19. The van der Waals surface area contributed by atoms with E-state index < -0.39 is 0 Å². The molecule has 84 valence electrons. The smallest absolute Gasteiger partial charge is 0.0707 e. The fraction of sp³-hybridized carbons (Fsp3) is 0.357. The van der Waals surface area contributed by atoms with E-state index in [1.54, 1.807) is 0 Å². The Kier molecular flexibility index (Phi) is 3.20. The lowest BCUT2D eigenvalue weighted by Gasteiger charge is -2.08. The molecule has 1 atom stereocenters. The van der Waals surface area contributed by atoms with E-state index in [0.29, 0.717) is 0 Å². The zero-order valence-corrected chi connectivity index (χ0v) is 9.77. The number of rotatable bonds is 3. The third kappa shape index (κ3) is 2.39. The maximum atomic E-state index is 9.34. The predicted molar refractivity (Wildman–Crippen MR) is 66.5 cm³/mol. The molecule has 2 heteroatoms. The SMILES string of the molecule is Cc1cc(CCC(C)O)c2ccccc2n1. The van der Waals surface area contributed by atoms with Crippen LogP contribution in [0.25, 0.3) is 10.9 Å². The number of aliphatic hydroxyl groups excluding tert-OH is 1. The standard InChI is InChI=1S/C14H17NO/c1-10-9-12(8-7-11(2)16)13-5-3-4-6-14(13)15-10/h3-6,9,11,16H,7-8H2,1-2H3. The van der Waals surface area contributed by atoms with Crippen molar-refractivity contribution >= 4 is 10.9 Å². The van der Waals surface area contributed by atoms with Crippen molar-refractivity contribution in [1.82, 2.24) is 4.98 Å². The minimum atomic E-state index is -0.243. The molecule has 1 aromatic heterocycles. The van der Waals surface area contributed by atoms with Crippen LogP contribution in [0, 0.1) is 6.92 Å². The monoisotopic (exact) mass is 215 g/mol. The van der Waals surface area contributed by atoms with Gasteiger partial charge >= 0.3 is 0 Å². The number of benzene rings is 1. The molecule has 1 heterocycles. The van der Waals surface area contributed by atoms with E-state index in [0.717, 1.165) is 24.1 Å². The van der Waals surface area contributed by atoms with Crippen molar-refractivity contribution in [3.63, 3.8) is 0 Å². The Bertz CT molecular complexity index is 491. The molecule has 2 rings (SSSR count). The van der Waals surface area contributed by atoms with Crippen LogP contribution in [0.5, 0.6) is 0 Å². The molecule has 0 aliphatic rings. The fourth-order valence-electron chi connectivity index (χ4n) is 1.97. The average molecular weight is 215 g/mol. The molecule has 2 aromatic rings. The van der Waals surface area contributed by atoms with Gasteiger partial charge in [-0.1, -0.05) is 18.2 Å². The first-order valence-electron chi connectivity index (χ1n) is 5.70. The van der Waals surface area contributed by atoms with Gasteiger partial charge in [0.25, 0.3) is 0 Å². The van der Waals surface area contributed by atoms with Crippen LogP contribution in [0.2, 0.25) is 0 Å². The fourth-order valence-corrected chi connectivity index (χ4v) is 1.97. The predicted octanol–water partition coefficient (Wildman–Crippen LogP) is 2.86. The summed E-state index contributed by atoms with van der Waals surface area (Å²) in [7, 11) is 0. The molecule has 1 aromatic carbocycles. The van der Waals surface area contributed by atoms with Crippen LogP contribution in [0.15, 0.2) is 30.3 Å². The minimum absolute atomic E-state index is 0.243. The number of aromatic nitrogens is 1. The maximum absolute atomic E-state index is 9.34. The van der Waals surface area contributed by atoms with Gasteiger partial charge in [0.15, 0.2) is 0 Å². The van der Waals surface area contributed by atoms with Crippen LogP contribution in [-0.4, -0.2) is 16.2 Å². The number of hydrogen-bond acceptors (Lipinski definition) is 2. The molecule has 2 nitrogen and oxygen atoms in total. The number of hydrogen-bond donors (Lipinski definition) is 1. The van der Waals surface area contributed by atoms with Gasteiger partial charge < -0.3 is 5.11 Å². The van der Waals surface area contributed by atoms with E-state index >= 15 is 0 Å². The summed E-state index contributed by atoms with van der Waals surface area (Å²) in [6, 6.07) is 10.3. The van der Waals surface area contributed by atoms with Gasteiger partial charge in [-0.15, -0.1) is 0 Å². The lowest BCUT2D eigenvalue weighted by atomic mass is 10.0. The molecule has 0 spiro atoms. The normalized spacial score (nSPS) is 12.9. The van der Waals surface area contributed by atoms with Crippen molar-refractivity contribution in [1.29, 1.82) is 0 Å². The molecule has 1 unspecified atom stereocenters. The highest BCUT2D eigenvalue weighted by Gasteiger charge is 2.04. The van der Waals surface area contributed by atoms with E-state index in [1.807, 2.05) is 32.0 Å². The molecular formula is C14H17NO. The van der Waals surface area contributed by atoms with Crippen molar-refractivity contribution in [3.05, 3.63) is 41.6 Å². The third-order valence-corrected chi connectivity index (χ3v) is 2.76. The highest BCUT2D eigenvalue weighted by atomic mass is 16.3. The van der Waals surface area contributed by atoms with Crippen molar-refractivity contribution in [2.24, 2.45) is 0 Å². The van der Waals surface area contributed by atoms with E-state index in [1.165, 1.54) is 10.9 Å². The van der Waals surface area contributed by atoms with Gasteiger partial charge in [-0.2, -0.15) is 0 Å². The lowest BCUT2D eigenvalue weighted by molar-refractivity contribution is 0.185. The Balaban J connectivity index is 2.42. The Morgan fingerprint density at radius 1 is 1.31 bits per heavy atom. The van der Waals surface area contributed by atoms with Gasteiger partial charge in [0, 0.05) is 11.1 Å². The van der Waals surface area contributed by atoms with Crippen LogP contribution in [0.1, 0.15) is 24.6 Å². The van der Waals surface area contributed by atoms with Crippen LogP contribution in [0.3, 0.4) is 0 Å². The molecule has 0 saturated carbocycles. The van der Waals surface area contributed by atoms with Gasteiger partial charge in [0.2, 0.25) is 0 Å². The van der Waals surface area contributed by atoms with Gasteiger partial charge in [0.1, 0.15) is 0 Å². The van der Waals surface area contributed by atoms with E-state index in [2.05, 4.69) is 17.1 Å². The summed E-state index contributed by atoms with van der Waals surface area (Å²) < 4.78 is 0. The van der Waals surface area contributed by atoms with Crippen molar-refractivity contribution in [2.75, 3.05) is 0 Å². The Morgan fingerprint density at radius 2 is 2.06 bits per heavy atom. The Hall–Kier alpha value is -1.41. The van der Waals surface area contributed by atoms with Crippen LogP contribution in [0.4, 0.5) is 0 Å². The molecular weight excluding hydrogens is 198 g/mol. The molecule has 0 aliphatic heterocycles. The Morgan fingerprint density at radius 3 is 2.81 bits per heavy atom. The Labute approximate surface area is 96.0 Å². The second-order valence-corrected chi connectivity index (χ2v) is 4.33. The number of aryl methyl sites for hydroxylation is 2. The third-order valence-electron chi connectivity index (χ3n) is 2.76. The van der Waals surface area contributed by atoms with E-state index in [4.69, 9.17) is 0 Å². The first kappa shape index (κ1) is 11.1. The summed E-state index contributed by atoms with van der Waals surface area (Å²) in [6.45, 7) is 3.84. The minimum Gasteiger partial charge on any atom is -0.393 e. The molecule has 0 saturated heterocycles. The van der Waals surface area contributed by atoms with Gasteiger partial charge in [0.05, 0.1) is 11.6 Å². The van der Waals surface area contributed by atoms with Gasteiger partial charge in [-0.05, 0) is 44.4 Å². The first-order valence-corrected chi connectivity index (χ1v) is 5.70. The molecule has 0 radical (unpaired) electrons. The highest BCUT2D eigenvalue weighted by molar-refractivity contribution is 5.82. The van der Waals surface area contributed by atoms with Crippen LogP contribution >= 0.6 is 0 Å². The van der Waals surface area contributed by atoms with Crippen LogP contribution in [-0.2, 0) is 6.42 Å². The van der Waals surface area contributed by atoms with Crippen molar-refractivity contribution < 1.29 is 5.11 Å².